The van der Waals surface area contributed by atoms with Crippen LogP contribution in [0.25, 0.3) is 5.69 Å². The van der Waals surface area contributed by atoms with E-state index >= 15 is 0 Å². The van der Waals surface area contributed by atoms with E-state index in [0.29, 0.717) is 22.3 Å². The molecule has 25 heavy (non-hydrogen) atoms. The van der Waals surface area contributed by atoms with Gasteiger partial charge in [0.25, 0.3) is 0 Å². The largest absolute Gasteiger partial charge is 0.497 e. The molecule has 0 saturated heterocycles. The highest BCUT2D eigenvalue weighted by Crippen LogP contribution is 2.36. The Morgan fingerprint density at radius 3 is 2.52 bits per heavy atom. The van der Waals surface area contributed by atoms with Gasteiger partial charge in [-0.2, -0.15) is 4.68 Å². The first-order valence-corrected chi connectivity index (χ1v) is 8.43. The molecule has 3 aromatic rings. The molecule has 6 nitrogen and oxygen atoms in total. The molecule has 0 spiro atoms. The minimum Gasteiger partial charge on any atom is -0.497 e. The first kappa shape index (κ1) is 17.2. The Kier molecular flexibility index (Phi) is 5.18. The van der Waals surface area contributed by atoms with Crippen molar-refractivity contribution in [1.82, 2.24) is 20.2 Å². The van der Waals surface area contributed by atoms with Gasteiger partial charge in [-0.15, -0.1) is 5.10 Å². The van der Waals surface area contributed by atoms with Crippen LogP contribution in [0.1, 0.15) is 17.7 Å². The highest BCUT2D eigenvalue weighted by Gasteiger charge is 2.18. The van der Waals surface area contributed by atoms with Crippen LogP contribution in [-0.4, -0.2) is 34.4 Å². The number of hydrogen-bond donors (Lipinski definition) is 0. The lowest BCUT2D eigenvalue weighted by Crippen LogP contribution is -2.03. The lowest BCUT2D eigenvalue weighted by atomic mass is 10.2. The summed E-state index contributed by atoms with van der Waals surface area (Å²) in [6.45, 7) is 2.01. The Balaban J connectivity index is 1.92. The minimum absolute atomic E-state index is 0.0435. The smallest absolute Gasteiger partial charge is 0.214 e. The van der Waals surface area contributed by atoms with Gasteiger partial charge in [0.1, 0.15) is 23.0 Å². The highest BCUT2D eigenvalue weighted by molar-refractivity contribution is 7.99. The van der Waals surface area contributed by atoms with Crippen molar-refractivity contribution in [3.05, 3.63) is 53.8 Å². The van der Waals surface area contributed by atoms with Gasteiger partial charge in [-0.05, 0) is 47.2 Å². The number of aromatic nitrogens is 4. The lowest BCUT2D eigenvalue weighted by Gasteiger charge is -2.13. The predicted octanol–water partition coefficient (Wildman–Crippen LogP) is 3.67. The monoisotopic (exact) mass is 360 g/mol. The molecule has 0 bridgehead atoms. The van der Waals surface area contributed by atoms with E-state index in [4.69, 9.17) is 9.47 Å². The number of rotatable bonds is 6. The molecule has 1 aromatic heterocycles. The lowest BCUT2D eigenvalue weighted by molar-refractivity contribution is 0.399. The first-order chi connectivity index (χ1) is 12.1. The van der Waals surface area contributed by atoms with Gasteiger partial charge in [0.05, 0.1) is 14.2 Å². The summed E-state index contributed by atoms with van der Waals surface area (Å²) < 4.78 is 25.4. The summed E-state index contributed by atoms with van der Waals surface area (Å²) in [5.41, 5.74) is 1.67. The van der Waals surface area contributed by atoms with Gasteiger partial charge in [-0.1, -0.05) is 23.9 Å². The van der Waals surface area contributed by atoms with Crippen LogP contribution in [0.4, 0.5) is 4.39 Å². The third-order valence-electron chi connectivity index (χ3n) is 3.68. The SMILES string of the molecule is COc1ccc(OC)c(-n2nnnc2SC(C)c2ccc(F)cc2)c1. The molecule has 130 valence electrons. The molecule has 0 saturated carbocycles. The van der Waals surface area contributed by atoms with Crippen LogP contribution in [-0.2, 0) is 0 Å². The fourth-order valence-corrected chi connectivity index (χ4v) is 3.25. The van der Waals surface area contributed by atoms with Crippen LogP contribution in [0.3, 0.4) is 0 Å². The summed E-state index contributed by atoms with van der Waals surface area (Å²) >= 11 is 1.47. The average molecular weight is 360 g/mol. The quantitative estimate of drug-likeness (QED) is 0.625. The van der Waals surface area contributed by atoms with Gasteiger partial charge >= 0.3 is 0 Å². The van der Waals surface area contributed by atoms with Crippen molar-refractivity contribution in [3.63, 3.8) is 0 Å². The van der Waals surface area contributed by atoms with Crippen LogP contribution in [0.5, 0.6) is 11.5 Å². The van der Waals surface area contributed by atoms with Gasteiger partial charge in [-0.3, -0.25) is 0 Å². The fraction of sp³-hybridized carbons (Fsp3) is 0.235. The number of hydrogen-bond acceptors (Lipinski definition) is 6. The van der Waals surface area contributed by atoms with Crippen molar-refractivity contribution in [3.8, 4) is 17.2 Å². The summed E-state index contributed by atoms with van der Waals surface area (Å²) in [4.78, 5) is 0. The van der Waals surface area contributed by atoms with E-state index in [-0.39, 0.29) is 11.1 Å². The molecule has 3 rings (SSSR count). The van der Waals surface area contributed by atoms with Gasteiger partial charge in [-0.25, -0.2) is 4.39 Å². The summed E-state index contributed by atoms with van der Waals surface area (Å²) in [6, 6.07) is 11.8. The minimum atomic E-state index is -0.257. The van der Waals surface area contributed by atoms with Crippen molar-refractivity contribution in [2.75, 3.05) is 14.2 Å². The van der Waals surface area contributed by atoms with Crippen LogP contribution >= 0.6 is 11.8 Å². The molecule has 0 radical (unpaired) electrons. The van der Waals surface area contributed by atoms with E-state index in [1.165, 1.54) is 23.9 Å². The molecule has 1 heterocycles. The summed E-state index contributed by atoms with van der Waals surface area (Å²) in [5, 5.41) is 12.6. The van der Waals surface area contributed by atoms with Crippen molar-refractivity contribution in [2.24, 2.45) is 0 Å². The molecule has 0 aliphatic rings. The molecule has 8 heteroatoms. The maximum Gasteiger partial charge on any atom is 0.214 e. The Hall–Kier alpha value is -2.61. The van der Waals surface area contributed by atoms with E-state index < -0.39 is 0 Å². The second-order valence-electron chi connectivity index (χ2n) is 5.22. The Labute approximate surface area is 149 Å². The zero-order chi connectivity index (χ0) is 17.8. The zero-order valence-electron chi connectivity index (χ0n) is 14.0. The van der Waals surface area contributed by atoms with Gasteiger partial charge < -0.3 is 9.47 Å². The second kappa shape index (κ2) is 7.52. The molecule has 0 aliphatic heterocycles. The maximum atomic E-state index is 13.1. The Morgan fingerprint density at radius 2 is 1.84 bits per heavy atom. The van der Waals surface area contributed by atoms with Crippen molar-refractivity contribution < 1.29 is 13.9 Å². The van der Waals surface area contributed by atoms with E-state index in [1.54, 1.807) is 43.2 Å². The van der Waals surface area contributed by atoms with Gasteiger partial charge in [0, 0.05) is 11.3 Å². The number of halogens is 1. The van der Waals surface area contributed by atoms with E-state index in [9.17, 15) is 4.39 Å². The molecule has 0 N–H and O–H groups in total. The Morgan fingerprint density at radius 1 is 1.08 bits per heavy atom. The van der Waals surface area contributed by atoms with Crippen LogP contribution < -0.4 is 9.47 Å². The summed E-state index contributed by atoms with van der Waals surface area (Å²) in [6.07, 6.45) is 0. The van der Waals surface area contributed by atoms with Gasteiger partial charge in [0.15, 0.2) is 0 Å². The third kappa shape index (κ3) is 3.74. The molecule has 0 aliphatic carbocycles. The number of tetrazole rings is 1. The van der Waals surface area contributed by atoms with E-state index in [0.717, 1.165) is 5.56 Å². The number of nitrogens with zero attached hydrogens (tertiary/aromatic N) is 4. The van der Waals surface area contributed by atoms with E-state index in [2.05, 4.69) is 15.5 Å². The van der Waals surface area contributed by atoms with E-state index in [1.807, 2.05) is 13.0 Å². The van der Waals surface area contributed by atoms with Crippen molar-refractivity contribution >= 4 is 11.8 Å². The van der Waals surface area contributed by atoms with Crippen molar-refractivity contribution in [1.29, 1.82) is 0 Å². The van der Waals surface area contributed by atoms with Gasteiger partial charge in [0.2, 0.25) is 5.16 Å². The molecule has 0 amide bonds. The standard InChI is InChI=1S/C17H17FN4O2S/c1-11(12-4-6-13(18)7-5-12)25-17-19-20-21-22(17)15-10-14(23-2)8-9-16(15)24-3/h4-11H,1-3H3. The summed E-state index contributed by atoms with van der Waals surface area (Å²) in [7, 11) is 3.18. The number of ether oxygens (including phenoxy) is 2. The molecule has 2 aromatic carbocycles. The van der Waals surface area contributed by atoms with Crippen LogP contribution in [0.2, 0.25) is 0 Å². The van der Waals surface area contributed by atoms with Crippen LogP contribution in [0.15, 0.2) is 47.6 Å². The highest BCUT2D eigenvalue weighted by atomic mass is 32.2. The topological polar surface area (TPSA) is 62.1 Å². The molecule has 0 fully saturated rings. The Bertz CT molecular complexity index is 854. The molecular weight excluding hydrogens is 343 g/mol. The second-order valence-corrected chi connectivity index (χ2v) is 6.53. The fourth-order valence-electron chi connectivity index (χ4n) is 2.33. The summed E-state index contributed by atoms with van der Waals surface area (Å²) in [5.74, 6) is 1.05. The number of thioether (sulfide) groups is 1. The zero-order valence-corrected chi connectivity index (χ0v) is 14.8. The molecule has 1 atom stereocenters. The maximum absolute atomic E-state index is 13.1. The third-order valence-corrected chi connectivity index (χ3v) is 4.77. The normalized spacial score (nSPS) is 12.0. The molecular formula is C17H17FN4O2S. The molecule has 1 unspecified atom stereocenters. The first-order valence-electron chi connectivity index (χ1n) is 7.55. The predicted molar refractivity (Wildman–Crippen MR) is 92.9 cm³/mol. The van der Waals surface area contributed by atoms with Crippen molar-refractivity contribution in [2.45, 2.75) is 17.3 Å². The number of methoxy groups -OCH3 is 2. The number of benzene rings is 2. The van der Waals surface area contributed by atoms with Crippen LogP contribution in [0, 0.1) is 5.82 Å². The average Bonchev–Trinajstić information content (AvgIpc) is 3.09.